The van der Waals surface area contributed by atoms with E-state index in [0.29, 0.717) is 10.6 Å². The molecule has 1 N–H and O–H groups in total. The molecular weight excluding hydrogens is 360 g/mol. The molecule has 1 heterocycles. The van der Waals surface area contributed by atoms with E-state index in [2.05, 4.69) is 31.2 Å². The predicted molar refractivity (Wildman–Crippen MR) is 94.7 cm³/mol. The van der Waals surface area contributed by atoms with Crippen molar-refractivity contribution in [3.05, 3.63) is 68.9 Å². The molecule has 0 aliphatic carbocycles. The molecule has 0 fully saturated rings. The second kappa shape index (κ2) is 6.37. The number of hydrogen-bond donors (Lipinski definition) is 1. The molecule has 0 aliphatic heterocycles. The summed E-state index contributed by atoms with van der Waals surface area (Å²) in [4.78, 5) is 0. The number of H-pyrrole nitrogens is 1. The van der Waals surface area contributed by atoms with Crippen molar-refractivity contribution in [2.24, 2.45) is 5.10 Å². The van der Waals surface area contributed by atoms with E-state index in [1.165, 1.54) is 0 Å². The first kappa shape index (κ1) is 14.9. The molecule has 0 saturated heterocycles. The third-order valence-electron chi connectivity index (χ3n) is 3.27. The summed E-state index contributed by atoms with van der Waals surface area (Å²) >= 11 is 8.81. The predicted octanol–water partition coefficient (Wildman–Crippen LogP) is 4.56. The SMILES string of the molecule is Cc1ccccc1/C=N/n1c(-c2ccccc2Br)n[nH]c1=S. The molecule has 3 rings (SSSR count). The second-order valence-corrected chi connectivity index (χ2v) is 5.99. The van der Waals surface area contributed by atoms with Crippen molar-refractivity contribution in [2.45, 2.75) is 6.92 Å². The average molecular weight is 373 g/mol. The average Bonchev–Trinajstić information content (AvgIpc) is 2.88. The van der Waals surface area contributed by atoms with Gasteiger partial charge >= 0.3 is 0 Å². The Morgan fingerprint density at radius 3 is 2.68 bits per heavy atom. The van der Waals surface area contributed by atoms with E-state index in [0.717, 1.165) is 21.2 Å². The second-order valence-electron chi connectivity index (χ2n) is 4.75. The van der Waals surface area contributed by atoms with Gasteiger partial charge in [0.2, 0.25) is 4.77 Å². The summed E-state index contributed by atoms with van der Waals surface area (Å²) < 4.78 is 3.02. The van der Waals surface area contributed by atoms with Crippen LogP contribution in [0.25, 0.3) is 11.4 Å². The molecule has 1 aromatic heterocycles. The first-order chi connectivity index (χ1) is 10.7. The minimum Gasteiger partial charge on any atom is -0.250 e. The fourth-order valence-electron chi connectivity index (χ4n) is 2.07. The van der Waals surface area contributed by atoms with Crippen LogP contribution < -0.4 is 0 Å². The number of halogens is 1. The number of nitrogens with one attached hydrogen (secondary N) is 1. The fraction of sp³-hybridized carbons (Fsp3) is 0.0625. The van der Waals surface area contributed by atoms with E-state index in [1.54, 1.807) is 10.9 Å². The number of aryl methyl sites for hydroxylation is 1. The van der Waals surface area contributed by atoms with E-state index in [1.807, 2.05) is 55.5 Å². The monoisotopic (exact) mass is 372 g/mol. The highest BCUT2D eigenvalue weighted by Crippen LogP contribution is 2.26. The lowest BCUT2D eigenvalue weighted by Gasteiger charge is -2.03. The van der Waals surface area contributed by atoms with Crippen LogP contribution in [-0.2, 0) is 0 Å². The zero-order valence-electron chi connectivity index (χ0n) is 11.8. The van der Waals surface area contributed by atoms with Gasteiger partial charge in [-0.2, -0.15) is 14.9 Å². The van der Waals surface area contributed by atoms with E-state index in [-0.39, 0.29) is 0 Å². The Bertz CT molecular complexity index is 895. The minimum absolute atomic E-state index is 0.454. The Morgan fingerprint density at radius 1 is 1.18 bits per heavy atom. The lowest BCUT2D eigenvalue weighted by atomic mass is 10.1. The summed E-state index contributed by atoms with van der Waals surface area (Å²) in [5.41, 5.74) is 3.13. The smallest absolute Gasteiger partial charge is 0.216 e. The molecule has 0 saturated carbocycles. The number of rotatable bonds is 3. The van der Waals surface area contributed by atoms with Gasteiger partial charge in [-0.1, -0.05) is 52.3 Å². The summed E-state index contributed by atoms with van der Waals surface area (Å²) in [6.07, 6.45) is 1.79. The van der Waals surface area contributed by atoms with E-state index >= 15 is 0 Å². The number of hydrogen-bond acceptors (Lipinski definition) is 3. The summed E-state index contributed by atoms with van der Waals surface area (Å²) in [5, 5.41) is 11.6. The topological polar surface area (TPSA) is 46.0 Å². The Balaban J connectivity index is 2.06. The third-order valence-corrected chi connectivity index (χ3v) is 4.22. The highest BCUT2D eigenvalue weighted by atomic mass is 79.9. The molecule has 110 valence electrons. The summed E-state index contributed by atoms with van der Waals surface area (Å²) in [5.74, 6) is 0.669. The van der Waals surface area contributed by atoms with Gasteiger partial charge in [-0.25, -0.2) is 5.10 Å². The van der Waals surface area contributed by atoms with Crippen LogP contribution in [-0.4, -0.2) is 21.1 Å². The van der Waals surface area contributed by atoms with Gasteiger partial charge in [-0.05, 0) is 42.4 Å². The van der Waals surface area contributed by atoms with E-state index < -0.39 is 0 Å². The van der Waals surface area contributed by atoms with Crippen molar-refractivity contribution < 1.29 is 0 Å². The Hall–Kier alpha value is -2.05. The molecule has 0 unspecified atom stereocenters. The van der Waals surface area contributed by atoms with Gasteiger partial charge in [-0.3, -0.25) is 0 Å². The van der Waals surface area contributed by atoms with Crippen LogP contribution in [0.2, 0.25) is 0 Å². The van der Waals surface area contributed by atoms with Gasteiger partial charge in [0.25, 0.3) is 0 Å². The Kier molecular flexibility index (Phi) is 4.31. The standard InChI is InChI=1S/C16H13BrN4S/c1-11-6-2-3-7-12(11)10-18-21-15(19-20-16(21)22)13-8-4-5-9-14(13)17/h2-10H,1H3,(H,20,22)/b18-10+. The Labute approximate surface area is 141 Å². The van der Waals surface area contributed by atoms with Crippen LogP contribution in [0.1, 0.15) is 11.1 Å². The highest BCUT2D eigenvalue weighted by molar-refractivity contribution is 9.10. The van der Waals surface area contributed by atoms with Crippen LogP contribution in [0.15, 0.2) is 58.1 Å². The highest BCUT2D eigenvalue weighted by Gasteiger charge is 2.10. The first-order valence-electron chi connectivity index (χ1n) is 6.69. The summed E-state index contributed by atoms with van der Waals surface area (Å²) in [6, 6.07) is 15.9. The molecule has 2 aromatic carbocycles. The van der Waals surface area contributed by atoms with Crippen LogP contribution in [0.5, 0.6) is 0 Å². The molecule has 0 bridgehead atoms. The van der Waals surface area contributed by atoms with Gasteiger partial charge in [-0.15, -0.1) is 0 Å². The van der Waals surface area contributed by atoms with Crippen molar-refractivity contribution in [1.82, 2.24) is 14.9 Å². The van der Waals surface area contributed by atoms with E-state index in [4.69, 9.17) is 12.2 Å². The number of aromatic amines is 1. The lowest BCUT2D eigenvalue weighted by molar-refractivity contribution is 0.871. The molecule has 0 radical (unpaired) electrons. The van der Waals surface area contributed by atoms with Gasteiger partial charge in [0, 0.05) is 10.0 Å². The van der Waals surface area contributed by atoms with Gasteiger partial charge in [0.15, 0.2) is 5.82 Å². The maximum atomic E-state index is 5.28. The zero-order chi connectivity index (χ0) is 15.5. The summed E-state index contributed by atoms with van der Waals surface area (Å²) in [7, 11) is 0. The van der Waals surface area contributed by atoms with Crippen LogP contribution in [0.4, 0.5) is 0 Å². The Morgan fingerprint density at radius 2 is 1.91 bits per heavy atom. The third kappa shape index (κ3) is 2.93. The van der Waals surface area contributed by atoms with Crippen molar-refractivity contribution in [3.63, 3.8) is 0 Å². The fourth-order valence-corrected chi connectivity index (χ4v) is 2.71. The van der Waals surface area contributed by atoms with Crippen LogP contribution >= 0.6 is 28.1 Å². The van der Waals surface area contributed by atoms with E-state index in [9.17, 15) is 0 Å². The number of benzene rings is 2. The van der Waals surface area contributed by atoms with Gasteiger partial charge < -0.3 is 0 Å². The molecule has 0 amide bonds. The molecular formula is C16H13BrN4S. The normalized spacial score (nSPS) is 11.2. The van der Waals surface area contributed by atoms with Crippen molar-refractivity contribution in [1.29, 1.82) is 0 Å². The maximum absolute atomic E-state index is 5.28. The molecule has 4 nitrogen and oxygen atoms in total. The molecule has 22 heavy (non-hydrogen) atoms. The van der Waals surface area contributed by atoms with Gasteiger partial charge in [0.05, 0.1) is 6.21 Å². The van der Waals surface area contributed by atoms with Crippen molar-refractivity contribution in [3.8, 4) is 11.4 Å². The number of nitrogens with zero attached hydrogens (tertiary/aromatic N) is 3. The molecule has 0 spiro atoms. The molecule has 3 aromatic rings. The maximum Gasteiger partial charge on any atom is 0.216 e. The minimum atomic E-state index is 0.454. The van der Waals surface area contributed by atoms with Crippen molar-refractivity contribution in [2.75, 3.05) is 0 Å². The molecule has 0 atom stereocenters. The molecule has 6 heteroatoms. The largest absolute Gasteiger partial charge is 0.250 e. The summed E-state index contributed by atoms with van der Waals surface area (Å²) in [6.45, 7) is 2.05. The van der Waals surface area contributed by atoms with Crippen LogP contribution in [0.3, 0.4) is 0 Å². The van der Waals surface area contributed by atoms with Crippen LogP contribution in [0, 0.1) is 11.7 Å². The number of aromatic nitrogens is 3. The lowest BCUT2D eigenvalue weighted by Crippen LogP contribution is -1.96. The quantitative estimate of drug-likeness (QED) is 0.540. The van der Waals surface area contributed by atoms with Gasteiger partial charge in [0.1, 0.15) is 0 Å². The zero-order valence-corrected chi connectivity index (χ0v) is 14.2. The molecule has 0 aliphatic rings. The first-order valence-corrected chi connectivity index (χ1v) is 7.89. The van der Waals surface area contributed by atoms with Crippen molar-refractivity contribution >= 4 is 34.4 Å².